The zero-order valence-electron chi connectivity index (χ0n) is 43.2. The molecule has 0 aromatic heterocycles. The van der Waals surface area contributed by atoms with Crippen molar-refractivity contribution in [2.45, 2.75) is 314 Å². The van der Waals surface area contributed by atoms with Gasteiger partial charge in [-0.15, -0.1) is 0 Å². The van der Waals surface area contributed by atoms with E-state index in [1.807, 2.05) is 0 Å². The van der Waals surface area contributed by atoms with Crippen molar-refractivity contribution >= 4 is 23.9 Å². The van der Waals surface area contributed by atoms with Crippen molar-refractivity contribution in [2.75, 3.05) is 13.2 Å². The van der Waals surface area contributed by atoms with Crippen LogP contribution in [0, 0.1) is 0 Å². The fourth-order valence-corrected chi connectivity index (χ4v) is 8.84. The van der Waals surface area contributed by atoms with E-state index < -0.39 is 67.3 Å². The summed E-state index contributed by atoms with van der Waals surface area (Å²) in [5, 5.41) is 31.3. The lowest BCUT2D eigenvalue weighted by Gasteiger charge is -2.40. The van der Waals surface area contributed by atoms with E-state index in [9.17, 15) is 34.5 Å². The molecule has 394 valence electrons. The highest BCUT2D eigenvalue weighted by molar-refractivity contribution is 5.74. The number of ether oxygens (including phenoxy) is 5. The smallest absolute Gasteiger partial charge is 0.335 e. The molecule has 0 aliphatic carbocycles. The molecule has 0 aromatic carbocycles. The van der Waals surface area contributed by atoms with E-state index in [1.54, 1.807) is 0 Å². The molecule has 67 heavy (non-hydrogen) atoms. The van der Waals surface area contributed by atoms with Crippen molar-refractivity contribution in [3.05, 3.63) is 0 Å². The second kappa shape index (κ2) is 44.9. The van der Waals surface area contributed by atoms with Gasteiger partial charge in [0.25, 0.3) is 0 Å². The van der Waals surface area contributed by atoms with Crippen LogP contribution in [-0.2, 0) is 42.9 Å². The van der Waals surface area contributed by atoms with Crippen molar-refractivity contribution in [3.63, 3.8) is 0 Å². The normalized spacial score (nSPS) is 18.7. The zero-order valence-corrected chi connectivity index (χ0v) is 43.2. The number of aliphatic carboxylic acids is 1. The third-order valence-corrected chi connectivity index (χ3v) is 13.2. The Balaban J connectivity index is 2.60. The van der Waals surface area contributed by atoms with Crippen LogP contribution < -0.4 is 0 Å². The number of carbonyl (C=O) groups excluding carboxylic acids is 3. The summed E-state index contributed by atoms with van der Waals surface area (Å²) in [6.45, 7) is 5.95. The van der Waals surface area contributed by atoms with Gasteiger partial charge in [-0.25, -0.2) is 4.79 Å². The second-order valence-corrected chi connectivity index (χ2v) is 19.6. The molecule has 12 heteroatoms. The molecule has 1 fully saturated rings. The summed E-state index contributed by atoms with van der Waals surface area (Å²) >= 11 is 0. The predicted molar refractivity (Wildman–Crippen MR) is 267 cm³/mol. The van der Waals surface area contributed by atoms with Crippen molar-refractivity contribution in [3.8, 4) is 0 Å². The zero-order chi connectivity index (χ0) is 49.0. The molecule has 0 bridgehead atoms. The van der Waals surface area contributed by atoms with Crippen LogP contribution in [0.3, 0.4) is 0 Å². The maximum absolute atomic E-state index is 13.0. The van der Waals surface area contributed by atoms with Crippen molar-refractivity contribution < 1.29 is 58.2 Å². The molecule has 0 spiro atoms. The van der Waals surface area contributed by atoms with Crippen LogP contribution in [0.2, 0.25) is 0 Å². The Morgan fingerprint density at radius 1 is 0.433 bits per heavy atom. The van der Waals surface area contributed by atoms with Gasteiger partial charge in [0.05, 0.1) is 6.61 Å². The Hall–Kier alpha value is -2.28. The monoisotopic (exact) mass is 955 g/mol. The summed E-state index contributed by atoms with van der Waals surface area (Å²) in [7, 11) is 0. The number of esters is 3. The van der Waals surface area contributed by atoms with Crippen LogP contribution in [0.25, 0.3) is 0 Å². The van der Waals surface area contributed by atoms with Gasteiger partial charge in [-0.3, -0.25) is 14.4 Å². The molecule has 12 nitrogen and oxygen atoms in total. The van der Waals surface area contributed by atoms with Gasteiger partial charge in [0.2, 0.25) is 0 Å². The van der Waals surface area contributed by atoms with E-state index >= 15 is 0 Å². The molecule has 6 unspecified atom stereocenters. The van der Waals surface area contributed by atoms with Gasteiger partial charge < -0.3 is 39.0 Å². The first kappa shape index (κ1) is 62.7. The average molecular weight is 955 g/mol. The van der Waals surface area contributed by atoms with Crippen LogP contribution in [0.4, 0.5) is 0 Å². The summed E-state index contributed by atoms with van der Waals surface area (Å²) in [4.78, 5) is 50.7. The molecule has 0 radical (unpaired) electrons. The molecule has 0 amide bonds. The molecule has 1 heterocycles. The first-order chi connectivity index (χ1) is 32.6. The van der Waals surface area contributed by atoms with E-state index in [0.29, 0.717) is 19.3 Å². The third kappa shape index (κ3) is 35.5. The number of hydrogen-bond acceptors (Lipinski definition) is 11. The Bertz CT molecular complexity index is 1180. The number of aliphatic hydroxyl groups is 2. The molecular formula is C55H102O12. The predicted octanol–water partition coefficient (Wildman–Crippen LogP) is 13.6. The lowest BCUT2D eigenvalue weighted by molar-refractivity contribution is -0.301. The van der Waals surface area contributed by atoms with Crippen LogP contribution in [0.15, 0.2) is 0 Å². The molecule has 1 aliphatic rings. The van der Waals surface area contributed by atoms with E-state index in [0.717, 1.165) is 64.2 Å². The van der Waals surface area contributed by atoms with E-state index in [2.05, 4.69) is 20.8 Å². The first-order valence-electron chi connectivity index (χ1n) is 28.0. The summed E-state index contributed by atoms with van der Waals surface area (Å²) in [5.41, 5.74) is 0. The highest BCUT2D eigenvalue weighted by Crippen LogP contribution is 2.26. The van der Waals surface area contributed by atoms with Crippen molar-refractivity contribution in [1.29, 1.82) is 0 Å². The van der Waals surface area contributed by atoms with Gasteiger partial charge in [0, 0.05) is 19.3 Å². The van der Waals surface area contributed by atoms with Gasteiger partial charge in [-0.05, 0) is 19.3 Å². The highest BCUT2D eigenvalue weighted by Gasteiger charge is 2.50. The largest absolute Gasteiger partial charge is 0.479 e. The quantitative estimate of drug-likeness (QED) is 0.0299. The summed E-state index contributed by atoms with van der Waals surface area (Å²) in [6, 6.07) is 0. The van der Waals surface area contributed by atoms with Crippen molar-refractivity contribution in [1.82, 2.24) is 0 Å². The Morgan fingerprint density at radius 2 is 0.761 bits per heavy atom. The molecule has 1 aliphatic heterocycles. The number of rotatable bonds is 48. The summed E-state index contributed by atoms with van der Waals surface area (Å²) in [5.74, 6) is -3.09. The van der Waals surface area contributed by atoms with Gasteiger partial charge in [-0.2, -0.15) is 0 Å². The molecular weight excluding hydrogens is 853 g/mol. The molecule has 1 rings (SSSR count). The van der Waals surface area contributed by atoms with Gasteiger partial charge in [-0.1, -0.05) is 239 Å². The van der Waals surface area contributed by atoms with Crippen LogP contribution >= 0.6 is 0 Å². The topological polar surface area (TPSA) is 175 Å². The Morgan fingerprint density at radius 3 is 1.12 bits per heavy atom. The lowest BCUT2D eigenvalue weighted by Crippen LogP contribution is -2.61. The Labute approximate surface area is 408 Å². The minimum Gasteiger partial charge on any atom is -0.479 e. The molecule has 3 N–H and O–H groups in total. The number of carboxylic acids is 1. The first-order valence-corrected chi connectivity index (χ1v) is 28.0. The van der Waals surface area contributed by atoms with Crippen LogP contribution in [-0.4, -0.2) is 89.2 Å². The number of carbonyl (C=O) groups is 4. The molecule has 0 saturated carbocycles. The van der Waals surface area contributed by atoms with E-state index in [-0.39, 0.29) is 25.9 Å². The molecule has 6 atom stereocenters. The summed E-state index contributed by atoms with van der Waals surface area (Å²) < 4.78 is 28.3. The lowest BCUT2D eigenvalue weighted by atomic mass is 9.98. The standard InChI is InChI=1S/C55H102O12/c1-4-7-10-13-16-19-20-21-22-23-24-25-26-27-28-31-32-35-38-41-47(56)63-44-46(65-48(57)42-39-36-33-29-17-14-11-8-5-2)45-64-55-53(51(60)50(59)52(67-55)54(61)62)66-49(58)43-40-37-34-30-18-15-12-9-6-3/h46,50-53,55,59-60H,4-45H2,1-3H3,(H,61,62). The van der Waals surface area contributed by atoms with Gasteiger partial charge in [0.1, 0.15) is 18.8 Å². The molecule has 0 aromatic rings. The fourth-order valence-electron chi connectivity index (χ4n) is 8.84. The maximum Gasteiger partial charge on any atom is 0.335 e. The summed E-state index contributed by atoms with van der Waals surface area (Å²) in [6.07, 6.45) is 34.0. The number of unbranched alkanes of at least 4 members (excludes halogenated alkanes) is 34. The number of aliphatic hydroxyl groups excluding tert-OH is 2. The van der Waals surface area contributed by atoms with Crippen LogP contribution in [0.1, 0.15) is 278 Å². The number of carboxylic acid groups (broad SMARTS) is 1. The minimum atomic E-state index is -1.89. The van der Waals surface area contributed by atoms with Crippen molar-refractivity contribution in [2.24, 2.45) is 0 Å². The number of hydrogen-bond donors (Lipinski definition) is 3. The van der Waals surface area contributed by atoms with Gasteiger partial charge >= 0.3 is 23.9 Å². The highest BCUT2D eigenvalue weighted by atomic mass is 16.7. The average Bonchev–Trinajstić information content (AvgIpc) is 3.31. The second-order valence-electron chi connectivity index (χ2n) is 19.6. The van der Waals surface area contributed by atoms with E-state index in [1.165, 1.54) is 154 Å². The van der Waals surface area contributed by atoms with Crippen LogP contribution in [0.5, 0.6) is 0 Å². The van der Waals surface area contributed by atoms with Gasteiger partial charge in [0.15, 0.2) is 24.6 Å². The third-order valence-electron chi connectivity index (χ3n) is 13.2. The maximum atomic E-state index is 13.0. The SMILES string of the molecule is CCCCCCCCCCCCCCCCCCCCCC(=O)OCC(COC1OC(C(=O)O)C(O)C(O)C1OC(=O)CCCCCCCCCCC)OC(=O)CCCCCCCCCCC. The Kier molecular flexibility index (Phi) is 42.0. The minimum absolute atomic E-state index is 0.0682. The fraction of sp³-hybridized carbons (Fsp3) is 0.927. The van der Waals surface area contributed by atoms with E-state index in [4.69, 9.17) is 23.7 Å². The molecule has 1 saturated heterocycles.